The third-order valence-electron chi connectivity index (χ3n) is 2.87. The Bertz CT molecular complexity index is 661. The third kappa shape index (κ3) is 3.11. The molecule has 1 aromatic carbocycles. The molecule has 104 valence electrons. The minimum Gasteiger partial charge on any atom is -0.373 e. The molecule has 1 amide bonds. The van der Waals surface area contributed by atoms with Gasteiger partial charge >= 0.3 is 0 Å². The molecule has 1 heterocycles. The van der Waals surface area contributed by atoms with Gasteiger partial charge in [0.25, 0.3) is 5.91 Å². The predicted octanol–water partition coefficient (Wildman–Crippen LogP) is 4.10. The standard InChI is InChI=1S/C14H13BrClN3O/c1-8-10(15)4-3-5-12(8)19-14(20)9-6-13(17-2)18-7-11(9)16/h3-7H,1-2H3,(H,17,18)(H,19,20). The molecule has 0 aliphatic carbocycles. The van der Waals surface area contributed by atoms with Gasteiger partial charge in [0.2, 0.25) is 0 Å². The summed E-state index contributed by atoms with van der Waals surface area (Å²) in [6.45, 7) is 1.92. The van der Waals surface area contributed by atoms with Crippen LogP contribution in [-0.4, -0.2) is 17.9 Å². The van der Waals surface area contributed by atoms with Crippen LogP contribution in [0.2, 0.25) is 5.02 Å². The van der Waals surface area contributed by atoms with Gasteiger partial charge in [-0.05, 0) is 30.7 Å². The van der Waals surface area contributed by atoms with Gasteiger partial charge in [0.15, 0.2) is 0 Å². The Morgan fingerprint density at radius 2 is 2.15 bits per heavy atom. The molecule has 0 radical (unpaired) electrons. The van der Waals surface area contributed by atoms with Crippen LogP contribution in [0.1, 0.15) is 15.9 Å². The average Bonchev–Trinajstić information content (AvgIpc) is 2.44. The van der Waals surface area contributed by atoms with E-state index in [1.165, 1.54) is 6.20 Å². The van der Waals surface area contributed by atoms with Crippen molar-refractivity contribution in [1.82, 2.24) is 4.98 Å². The van der Waals surface area contributed by atoms with E-state index in [-0.39, 0.29) is 5.91 Å². The Hall–Kier alpha value is -1.59. The topological polar surface area (TPSA) is 54.0 Å². The average molecular weight is 355 g/mol. The summed E-state index contributed by atoms with van der Waals surface area (Å²) < 4.78 is 0.937. The van der Waals surface area contributed by atoms with Crippen molar-refractivity contribution in [2.45, 2.75) is 6.92 Å². The number of pyridine rings is 1. The van der Waals surface area contributed by atoms with Crippen LogP contribution in [0.4, 0.5) is 11.5 Å². The lowest BCUT2D eigenvalue weighted by molar-refractivity contribution is 0.102. The van der Waals surface area contributed by atoms with Gasteiger partial charge in [-0.2, -0.15) is 0 Å². The number of rotatable bonds is 3. The summed E-state index contributed by atoms with van der Waals surface area (Å²) in [5.74, 6) is 0.320. The Kier molecular flexibility index (Phi) is 4.62. The van der Waals surface area contributed by atoms with Crippen LogP contribution in [0.15, 0.2) is 34.9 Å². The Morgan fingerprint density at radius 3 is 2.85 bits per heavy atom. The number of amides is 1. The van der Waals surface area contributed by atoms with Crippen molar-refractivity contribution < 1.29 is 4.79 Å². The second-order valence-corrected chi connectivity index (χ2v) is 5.43. The van der Waals surface area contributed by atoms with E-state index in [1.807, 2.05) is 25.1 Å². The molecule has 1 aromatic heterocycles. The molecular formula is C14H13BrClN3O. The van der Waals surface area contributed by atoms with Crippen molar-refractivity contribution in [3.63, 3.8) is 0 Å². The highest BCUT2D eigenvalue weighted by Gasteiger charge is 2.13. The molecule has 0 saturated carbocycles. The van der Waals surface area contributed by atoms with E-state index in [1.54, 1.807) is 13.1 Å². The molecule has 20 heavy (non-hydrogen) atoms. The highest BCUT2D eigenvalue weighted by atomic mass is 79.9. The van der Waals surface area contributed by atoms with Crippen molar-refractivity contribution >= 4 is 44.9 Å². The maximum atomic E-state index is 12.3. The summed E-state index contributed by atoms with van der Waals surface area (Å²) in [6.07, 6.45) is 1.45. The zero-order chi connectivity index (χ0) is 14.7. The SMILES string of the molecule is CNc1cc(C(=O)Nc2cccc(Br)c2C)c(Cl)cn1. The van der Waals surface area contributed by atoms with Crippen LogP contribution >= 0.6 is 27.5 Å². The Labute approximate surface area is 130 Å². The highest BCUT2D eigenvalue weighted by molar-refractivity contribution is 9.10. The largest absolute Gasteiger partial charge is 0.373 e. The van der Waals surface area contributed by atoms with Crippen LogP contribution in [0.25, 0.3) is 0 Å². The summed E-state index contributed by atoms with van der Waals surface area (Å²) in [5.41, 5.74) is 2.08. The zero-order valence-corrected chi connectivity index (χ0v) is 13.3. The third-order valence-corrected chi connectivity index (χ3v) is 4.03. The Balaban J connectivity index is 2.30. The number of hydrogen-bond donors (Lipinski definition) is 2. The van der Waals surface area contributed by atoms with Crippen molar-refractivity contribution in [3.05, 3.63) is 51.1 Å². The summed E-state index contributed by atoms with van der Waals surface area (Å²) in [7, 11) is 1.73. The predicted molar refractivity (Wildman–Crippen MR) is 85.6 cm³/mol. The number of carbonyl (C=O) groups excluding carboxylic acids is 1. The molecule has 2 aromatic rings. The van der Waals surface area contributed by atoms with Crippen LogP contribution in [0, 0.1) is 6.92 Å². The van der Waals surface area contributed by atoms with E-state index in [9.17, 15) is 4.79 Å². The van der Waals surface area contributed by atoms with Gasteiger partial charge in [0, 0.05) is 23.4 Å². The fourth-order valence-corrected chi connectivity index (χ4v) is 2.24. The fraction of sp³-hybridized carbons (Fsp3) is 0.143. The fourth-order valence-electron chi connectivity index (χ4n) is 1.68. The minimum absolute atomic E-state index is 0.268. The zero-order valence-electron chi connectivity index (χ0n) is 11.0. The van der Waals surface area contributed by atoms with Gasteiger partial charge in [-0.1, -0.05) is 33.6 Å². The Morgan fingerprint density at radius 1 is 1.40 bits per heavy atom. The van der Waals surface area contributed by atoms with Crippen LogP contribution in [0.5, 0.6) is 0 Å². The van der Waals surface area contributed by atoms with Gasteiger partial charge < -0.3 is 10.6 Å². The van der Waals surface area contributed by atoms with Gasteiger partial charge in [-0.15, -0.1) is 0 Å². The van der Waals surface area contributed by atoms with E-state index in [2.05, 4.69) is 31.5 Å². The molecule has 0 aliphatic heterocycles. The van der Waals surface area contributed by atoms with Crippen molar-refractivity contribution in [1.29, 1.82) is 0 Å². The van der Waals surface area contributed by atoms with E-state index >= 15 is 0 Å². The van der Waals surface area contributed by atoms with Gasteiger partial charge in [0.05, 0.1) is 10.6 Å². The first kappa shape index (κ1) is 14.8. The highest BCUT2D eigenvalue weighted by Crippen LogP contribution is 2.25. The van der Waals surface area contributed by atoms with E-state index in [4.69, 9.17) is 11.6 Å². The van der Waals surface area contributed by atoms with Crippen molar-refractivity contribution in [2.75, 3.05) is 17.7 Å². The van der Waals surface area contributed by atoms with Crippen molar-refractivity contribution in [2.24, 2.45) is 0 Å². The molecule has 6 heteroatoms. The summed E-state index contributed by atoms with van der Waals surface area (Å²) in [6, 6.07) is 7.24. The number of aromatic nitrogens is 1. The van der Waals surface area contributed by atoms with E-state index < -0.39 is 0 Å². The smallest absolute Gasteiger partial charge is 0.257 e. The number of anilines is 2. The normalized spacial score (nSPS) is 10.2. The van der Waals surface area contributed by atoms with Gasteiger partial charge in [-0.25, -0.2) is 4.98 Å². The molecule has 0 fully saturated rings. The molecule has 0 bridgehead atoms. The number of carbonyl (C=O) groups is 1. The lowest BCUT2D eigenvalue weighted by Gasteiger charge is -2.11. The van der Waals surface area contributed by atoms with Gasteiger partial charge in [-0.3, -0.25) is 4.79 Å². The summed E-state index contributed by atoms with van der Waals surface area (Å²) in [5, 5.41) is 6.04. The quantitative estimate of drug-likeness (QED) is 0.872. The molecule has 0 spiro atoms. The molecule has 0 unspecified atom stereocenters. The molecule has 2 N–H and O–H groups in total. The first-order valence-corrected chi connectivity index (χ1v) is 7.09. The first-order valence-electron chi connectivity index (χ1n) is 5.92. The summed E-state index contributed by atoms with van der Waals surface area (Å²) in [4.78, 5) is 16.3. The second kappa shape index (κ2) is 6.24. The molecule has 0 saturated heterocycles. The number of nitrogens with zero attached hydrogens (tertiary/aromatic N) is 1. The number of hydrogen-bond acceptors (Lipinski definition) is 3. The molecule has 0 atom stereocenters. The monoisotopic (exact) mass is 353 g/mol. The maximum absolute atomic E-state index is 12.3. The minimum atomic E-state index is -0.268. The molecule has 0 aliphatic rings. The molecule has 4 nitrogen and oxygen atoms in total. The number of nitrogens with one attached hydrogen (secondary N) is 2. The van der Waals surface area contributed by atoms with Crippen molar-refractivity contribution in [3.8, 4) is 0 Å². The maximum Gasteiger partial charge on any atom is 0.257 e. The van der Waals surface area contributed by atoms with Crippen LogP contribution in [-0.2, 0) is 0 Å². The molecular weight excluding hydrogens is 342 g/mol. The first-order chi connectivity index (χ1) is 9.52. The lowest BCUT2D eigenvalue weighted by atomic mass is 10.2. The van der Waals surface area contributed by atoms with E-state index in [0.717, 1.165) is 15.7 Å². The second-order valence-electron chi connectivity index (χ2n) is 4.17. The molecule has 2 rings (SSSR count). The van der Waals surface area contributed by atoms with Crippen LogP contribution < -0.4 is 10.6 Å². The van der Waals surface area contributed by atoms with E-state index in [0.29, 0.717) is 16.4 Å². The summed E-state index contributed by atoms with van der Waals surface area (Å²) >= 11 is 9.46. The van der Waals surface area contributed by atoms with Gasteiger partial charge in [0.1, 0.15) is 5.82 Å². The van der Waals surface area contributed by atoms with Crippen LogP contribution in [0.3, 0.4) is 0 Å². The number of benzene rings is 1. The number of halogens is 2. The lowest BCUT2D eigenvalue weighted by Crippen LogP contribution is -2.14.